The van der Waals surface area contributed by atoms with Crippen LogP contribution in [-0.4, -0.2) is 23.4 Å². The summed E-state index contributed by atoms with van der Waals surface area (Å²) in [6, 6.07) is 5.91. The van der Waals surface area contributed by atoms with Crippen LogP contribution in [0.25, 0.3) is 0 Å². The van der Waals surface area contributed by atoms with Gasteiger partial charge in [-0.25, -0.2) is 4.79 Å². The van der Waals surface area contributed by atoms with Crippen LogP contribution in [0.3, 0.4) is 0 Å². The molecule has 0 saturated carbocycles. The van der Waals surface area contributed by atoms with Crippen LogP contribution in [0.1, 0.15) is 15.9 Å². The first-order chi connectivity index (χ1) is 8.02. The maximum absolute atomic E-state index is 11.5. The van der Waals surface area contributed by atoms with Crippen LogP contribution in [0.15, 0.2) is 24.3 Å². The Bertz CT molecular complexity index is 443. The van der Waals surface area contributed by atoms with Crippen LogP contribution < -0.4 is 10.6 Å². The summed E-state index contributed by atoms with van der Waals surface area (Å²) in [6.45, 7) is 1.89. The van der Waals surface area contributed by atoms with Crippen molar-refractivity contribution in [3.8, 4) is 0 Å². The number of nitrogens with one attached hydrogen (secondary N) is 2. The summed E-state index contributed by atoms with van der Waals surface area (Å²) in [6.07, 6.45) is 1.53. The molecule has 2 N–H and O–H groups in total. The van der Waals surface area contributed by atoms with Crippen molar-refractivity contribution in [1.82, 2.24) is 10.6 Å². The molecule has 0 heterocycles. The SMILES string of the molecule is CSC(=O)NC(=O)NC(=O)c1ccc(C)cc1. The summed E-state index contributed by atoms with van der Waals surface area (Å²) in [5, 5.41) is 3.54. The van der Waals surface area contributed by atoms with Crippen molar-refractivity contribution < 1.29 is 14.4 Å². The number of benzene rings is 1. The number of imide groups is 2. The Balaban J connectivity index is 2.57. The zero-order valence-electron chi connectivity index (χ0n) is 9.44. The molecule has 0 aliphatic heterocycles. The molecule has 0 aromatic heterocycles. The van der Waals surface area contributed by atoms with Crippen molar-refractivity contribution in [2.45, 2.75) is 6.92 Å². The molecule has 1 aromatic rings. The average molecular weight is 252 g/mol. The minimum atomic E-state index is -0.824. The van der Waals surface area contributed by atoms with E-state index in [2.05, 4.69) is 5.32 Å². The zero-order chi connectivity index (χ0) is 12.8. The highest BCUT2D eigenvalue weighted by atomic mass is 32.2. The van der Waals surface area contributed by atoms with Gasteiger partial charge in [0.1, 0.15) is 0 Å². The van der Waals surface area contributed by atoms with E-state index in [-0.39, 0.29) is 0 Å². The Labute approximate surface area is 103 Å². The maximum atomic E-state index is 11.5. The summed E-state index contributed by atoms with van der Waals surface area (Å²) >= 11 is 0.856. The van der Waals surface area contributed by atoms with E-state index in [0.29, 0.717) is 5.56 Å². The number of aryl methyl sites for hydroxylation is 1. The van der Waals surface area contributed by atoms with Crippen LogP contribution in [0.2, 0.25) is 0 Å². The van der Waals surface area contributed by atoms with E-state index in [9.17, 15) is 14.4 Å². The number of carbonyl (C=O) groups excluding carboxylic acids is 3. The molecule has 90 valence electrons. The van der Waals surface area contributed by atoms with Crippen LogP contribution >= 0.6 is 11.8 Å². The van der Waals surface area contributed by atoms with Crippen LogP contribution in [0.4, 0.5) is 9.59 Å². The summed E-state index contributed by atoms with van der Waals surface area (Å²) in [5.74, 6) is -0.545. The normalized spacial score (nSPS) is 9.53. The number of hydrogen-bond acceptors (Lipinski definition) is 4. The number of thioether (sulfide) groups is 1. The molecule has 0 fully saturated rings. The summed E-state index contributed by atoms with van der Waals surface area (Å²) in [5.41, 5.74) is 1.38. The van der Waals surface area contributed by atoms with Crippen molar-refractivity contribution in [3.63, 3.8) is 0 Å². The highest BCUT2D eigenvalue weighted by molar-refractivity contribution is 8.13. The predicted molar refractivity (Wildman–Crippen MR) is 66.1 cm³/mol. The molecule has 5 nitrogen and oxygen atoms in total. The Hall–Kier alpha value is -1.82. The van der Waals surface area contributed by atoms with Crippen LogP contribution in [0.5, 0.6) is 0 Å². The second kappa shape index (κ2) is 6.05. The van der Waals surface area contributed by atoms with Gasteiger partial charge in [-0.3, -0.25) is 20.2 Å². The minimum absolute atomic E-state index is 0.363. The molecule has 0 saturated heterocycles. The summed E-state index contributed by atoms with van der Waals surface area (Å²) in [7, 11) is 0. The third kappa shape index (κ3) is 4.28. The first-order valence-corrected chi connectivity index (χ1v) is 6.02. The van der Waals surface area contributed by atoms with E-state index < -0.39 is 17.2 Å². The zero-order valence-corrected chi connectivity index (χ0v) is 10.3. The lowest BCUT2D eigenvalue weighted by Gasteiger charge is -2.04. The van der Waals surface area contributed by atoms with Crippen molar-refractivity contribution in [3.05, 3.63) is 35.4 Å². The highest BCUT2D eigenvalue weighted by Gasteiger charge is 2.11. The second-order valence-electron chi connectivity index (χ2n) is 3.27. The molecule has 0 spiro atoms. The van der Waals surface area contributed by atoms with Crippen molar-refractivity contribution in [2.75, 3.05) is 6.26 Å². The molecule has 0 aliphatic carbocycles. The molecular formula is C11H12N2O3S. The van der Waals surface area contributed by atoms with E-state index in [1.54, 1.807) is 24.3 Å². The monoisotopic (exact) mass is 252 g/mol. The van der Waals surface area contributed by atoms with E-state index >= 15 is 0 Å². The van der Waals surface area contributed by atoms with Gasteiger partial charge < -0.3 is 0 Å². The smallest absolute Gasteiger partial charge is 0.274 e. The van der Waals surface area contributed by atoms with Gasteiger partial charge in [0.05, 0.1) is 0 Å². The van der Waals surface area contributed by atoms with Gasteiger partial charge in [-0.05, 0) is 25.3 Å². The highest BCUT2D eigenvalue weighted by Crippen LogP contribution is 2.02. The number of urea groups is 1. The summed E-state index contributed by atoms with van der Waals surface area (Å²) < 4.78 is 0. The molecule has 4 amide bonds. The lowest BCUT2D eigenvalue weighted by Crippen LogP contribution is -2.40. The molecule has 1 aromatic carbocycles. The van der Waals surface area contributed by atoms with Crippen molar-refractivity contribution >= 4 is 28.9 Å². The van der Waals surface area contributed by atoms with Crippen LogP contribution in [-0.2, 0) is 0 Å². The molecule has 0 aliphatic rings. The predicted octanol–water partition coefficient (Wildman–Crippen LogP) is 1.92. The second-order valence-corrected chi connectivity index (χ2v) is 4.04. The third-order valence-electron chi connectivity index (χ3n) is 1.94. The Kier molecular flexibility index (Phi) is 4.71. The molecule has 17 heavy (non-hydrogen) atoms. The Morgan fingerprint density at radius 3 is 2.18 bits per heavy atom. The maximum Gasteiger partial charge on any atom is 0.329 e. The van der Waals surface area contributed by atoms with Gasteiger partial charge in [0.2, 0.25) is 0 Å². The third-order valence-corrected chi connectivity index (χ3v) is 2.41. The molecule has 0 radical (unpaired) electrons. The lowest BCUT2D eigenvalue weighted by molar-refractivity contribution is 0.0965. The van der Waals surface area contributed by atoms with Gasteiger partial charge in [-0.15, -0.1) is 0 Å². The van der Waals surface area contributed by atoms with E-state index in [1.807, 2.05) is 12.2 Å². The Morgan fingerprint density at radius 1 is 1.06 bits per heavy atom. The van der Waals surface area contributed by atoms with Gasteiger partial charge >= 0.3 is 6.03 Å². The lowest BCUT2D eigenvalue weighted by atomic mass is 10.1. The molecule has 0 bridgehead atoms. The van der Waals surface area contributed by atoms with Crippen molar-refractivity contribution in [2.24, 2.45) is 0 Å². The first kappa shape index (κ1) is 13.2. The molecule has 1 rings (SSSR count). The molecular weight excluding hydrogens is 240 g/mol. The fourth-order valence-electron chi connectivity index (χ4n) is 1.06. The molecule has 6 heteroatoms. The molecule has 0 atom stereocenters. The van der Waals surface area contributed by atoms with Crippen LogP contribution in [0, 0.1) is 6.92 Å². The molecule has 0 unspecified atom stereocenters. The van der Waals surface area contributed by atoms with E-state index in [0.717, 1.165) is 17.3 Å². The van der Waals surface area contributed by atoms with Crippen molar-refractivity contribution in [1.29, 1.82) is 0 Å². The van der Waals surface area contributed by atoms with Gasteiger partial charge in [0.25, 0.3) is 11.1 Å². The Morgan fingerprint density at radius 2 is 1.65 bits per heavy atom. The standard InChI is InChI=1S/C11H12N2O3S/c1-7-3-5-8(6-4-7)9(14)12-10(15)13-11(16)17-2/h3-6H,1-2H3,(H2,12,13,14,15,16). The van der Waals surface area contributed by atoms with E-state index in [4.69, 9.17) is 0 Å². The largest absolute Gasteiger partial charge is 0.329 e. The average Bonchev–Trinajstić information content (AvgIpc) is 2.29. The van der Waals surface area contributed by atoms with Gasteiger partial charge in [-0.1, -0.05) is 29.5 Å². The van der Waals surface area contributed by atoms with Gasteiger partial charge in [-0.2, -0.15) is 0 Å². The number of amides is 4. The fraction of sp³-hybridized carbons (Fsp3) is 0.182. The fourth-order valence-corrected chi connectivity index (χ4v) is 1.25. The summed E-state index contributed by atoms with van der Waals surface area (Å²) in [4.78, 5) is 33.6. The number of hydrogen-bond donors (Lipinski definition) is 2. The quantitative estimate of drug-likeness (QED) is 0.800. The topological polar surface area (TPSA) is 75.3 Å². The first-order valence-electron chi connectivity index (χ1n) is 4.80. The van der Waals surface area contributed by atoms with Gasteiger partial charge in [0.15, 0.2) is 0 Å². The minimum Gasteiger partial charge on any atom is -0.274 e. The van der Waals surface area contributed by atoms with E-state index in [1.165, 1.54) is 6.26 Å². The number of carbonyl (C=O) groups is 3. The van der Waals surface area contributed by atoms with Gasteiger partial charge in [0, 0.05) is 5.56 Å². The number of rotatable bonds is 1.